The Bertz CT molecular complexity index is 851. The average molecular weight is 339 g/mol. The Hall–Kier alpha value is -2.61. The molecule has 25 heavy (non-hydrogen) atoms. The van der Waals surface area contributed by atoms with Gasteiger partial charge in [-0.3, -0.25) is 4.79 Å². The number of rotatable bonds is 6. The number of hydrogen-bond donors (Lipinski definition) is 0. The van der Waals surface area contributed by atoms with Crippen molar-refractivity contribution < 1.29 is 4.39 Å². The van der Waals surface area contributed by atoms with Gasteiger partial charge in [-0.2, -0.15) is 5.26 Å². The highest BCUT2D eigenvalue weighted by atomic mass is 19.1. The first-order valence-corrected chi connectivity index (χ1v) is 8.62. The van der Waals surface area contributed by atoms with Crippen LogP contribution in [0, 0.1) is 35.9 Å². The number of aryl methyl sites for hydroxylation is 1. The van der Waals surface area contributed by atoms with Crippen molar-refractivity contribution in [2.75, 3.05) is 11.4 Å². The topological polar surface area (TPSA) is 49.0 Å². The van der Waals surface area contributed by atoms with E-state index in [0.29, 0.717) is 19.0 Å². The van der Waals surface area contributed by atoms with Gasteiger partial charge in [-0.25, -0.2) is 4.39 Å². The van der Waals surface area contributed by atoms with Crippen molar-refractivity contribution in [3.05, 3.63) is 63.8 Å². The molecule has 0 aliphatic heterocycles. The molecular weight excluding hydrogens is 317 g/mol. The van der Waals surface area contributed by atoms with Crippen molar-refractivity contribution in [2.24, 2.45) is 11.8 Å². The minimum absolute atomic E-state index is 0.0197. The molecule has 0 amide bonds. The lowest BCUT2D eigenvalue weighted by Gasteiger charge is -2.24. The molecule has 2 aromatic rings. The van der Waals surface area contributed by atoms with Gasteiger partial charge in [0.1, 0.15) is 5.82 Å². The molecule has 1 heterocycles. The third-order valence-electron chi connectivity index (χ3n) is 4.85. The fourth-order valence-electron chi connectivity index (χ4n) is 3.22. The van der Waals surface area contributed by atoms with E-state index in [2.05, 4.69) is 11.0 Å². The number of aromatic nitrogens is 1. The lowest BCUT2D eigenvalue weighted by molar-refractivity contribution is 0.575. The zero-order chi connectivity index (χ0) is 18.0. The van der Waals surface area contributed by atoms with Crippen LogP contribution in [0.3, 0.4) is 0 Å². The quantitative estimate of drug-likeness (QED) is 0.809. The largest absolute Gasteiger partial charge is 0.367 e. The summed E-state index contributed by atoms with van der Waals surface area (Å²) in [4.78, 5) is 14.6. The molecule has 130 valence electrons. The summed E-state index contributed by atoms with van der Waals surface area (Å²) in [7, 11) is 0. The van der Waals surface area contributed by atoms with Gasteiger partial charge < -0.3 is 9.47 Å². The minimum atomic E-state index is -0.256. The van der Waals surface area contributed by atoms with Gasteiger partial charge in [0.05, 0.1) is 12.0 Å². The van der Waals surface area contributed by atoms with E-state index in [0.717, 1.165) is 29.9 Å². The van der Waals surface area contributed by atoms with Crippen molar-refractivity contribution in [2.45, 2.75) is 33.4 Å². The van der Waals surface area contributed by atoms with Crippen LogP contribution in [-0.2, 0) is 13.1 Å². The van der Waals surface area contributed by atoms with Crippen molar-refractivity contribution in [3.63, 3.8) is 0 Å². The summed E-state index contributed by atoms with van der Waals surface area (Å²) in [6, 6.07) is 12.4. The molecule has 1 saturated carbocycles. The zero-order valence-electron chi connectivity index (χ0n) is 14.6. The first-order valence-electron chi connectivity index (χ1n) is 8.62. The summed E-state index contributed by atoms with van der Waals surface area (Å²) in [5, 5.41) is 8.92. The summed E-state index contributed by atoms with van der Waals surface area (Å²) in [5.41, 5.74) is 2.77. The second kappa shape index (κ2) is 7.10. The molecule has 1 aromatic carbocycles. The highest BCUT2D eigenvalue weighted by Crippen LogP contribution is 2.38. The predicted octanol–water partition coefficient (Wildman–Crippen LogP) is 3.48. The van der Waals surface area contributed by atoms with E-state index in [9.17, 15) is 9.18 Å². The van der Waals surface area contributed by atoms with Crippen LogP contribution in [0.5, 0.6) is 0 Å². The van der Waals surface area contributed by atoms with Gasteiger partial charge in [0.2, 0.25) is 0 Å². The number of halogens is 1. The Balaban J connectivity index is 1.77. The highest BCUT2D eigenvalue weighted by molar-refractivity contribution is 5.46. The summed E-state index contributed by atoms with van der Waals surface area (Å²) >= 11 is 0. The first kappa shape index (κ1) is 17.2. The Morgan fingerprint density at radius 2 is 2.04 bits per heavy atom. The molecule has 3 rings (SSSR count). The molecule has 5 heteroatoms. The third kappa shape index (κ3) is 3.90. The first-order chi connectivity index (χ1) is 12.0. The maximum atomic E-state index is 13.1. The molecule has 2 atom stereocenters. The van der Waals surface area contributed by atoms with Crippen LogP contribution in [0.25, 0.3) is 0 Å². The van der Waals surface area contributed by atoms with E-state index in [-0.39, 0.29) is 17.3 Å². The molecule has 1 aliphatic rings. The van der Waals surface area contributed by atoms with Crippen molar-refractivity contribution in [3.8, 4) is 6.07 Å². The second-order valence-corrected chi connectivity index (χ2v) is 6.68. The van der Waals surface area contributed by atoms with Crippen LogP contribution in [-0.4, -0.2) is 11.1 Å². The molecule has 1 aliphatic carbocycles. The lowest BCUT2D eigenvalue weighted by Crippen LogP contribution is -2.27. The van der Waals surface area contributed by atoms with Crippen LogP contribution in [0.4, 0.5) is 10.1 Å². The van der Waals surface area contributed by atoms with Crippen molar-refractivity contribution in [1.82, 2.24) is 4.57 Å². The average Bonchev–Trinajstić information content (AvgIpc) is 3.35. The highest BCUT2D eigenvalue weighted by Gasteiger charge is 2.37. The van der Waals surface area contributed by atoms with Crippen LogP contribution >= 0.6 is 0 Å². The van der Waals surface area contributed by atoms with Crippen LogP contribution in [0.2, 0.25) is 0 Å². The molecule has 0 saturated heterocycles. The standard InChI is InChI=1S/C20H22FN3O/c1-3-23(19-6-4-18(21)5-7-19)12-15-8-14(2)24(20(25)9-15)13-17-10-16(17)11-22/h4-9,16-17H,3,10,12-13H2,1-2H3/t16-,17-/m0/s1. The van der Waals surface area contributed by atoms with Gasteiger partial charge in [-0.05, 0) is 62.1 Å². The van der Waals surface area contributed by atoms with Gasteiger partial charge in [0.25, 0.3) is 5.56 Å². The monoisotopic (exact) mass is 339 g/mol. The van der Waals surface area contributed by atoms with Gasteiger partial charge in [0.15, 0.2) is 0 Å². The molecule has 0 spiro atoms. The Labute approximate surface area is 147 Å². The van der Waals surface area contributed by atoms with Gasteiger partial charge in [0, 0.05) is 37.1 Å². The van der Waals surface area contributed by atoms with Gasteiger partial charge in [-0.15, -0.1) is 0 Å². The van der Waals surface area contributed by atoms with E-state index in [1.165, 1.54) is 12.1 Å². The van der Waals surface area contributed by atoms with Crippen LogP contribution in [0.15, 0.2) is 41.2 Å². The molecule has 0 unspecified atom stereocenters. The number of benzene rings is 1. The van der Waals surface area contributed by atoms with E-state index >= 15 is 0 Å². The zero-order valence-corrected chi connectivity index (χ0v) is 14.6. The fraction of sp³-hybridized carbons (Fsp3) is 0.400. The van der Waals surface area contributed by atoms with E-state index in [1.807, 2.05) is 19.9 Å². The Kier molecular flexibility index (Phi) is 4.89. The predicted molar refractivity (Wildman–Crippen MR) is 95.8 cm³/mol. The molecule has 0 N–H and O–H groups in total. The lowest BCUT2D eigenvalue weighted by atomic mass is 10.2. The number of hydrogen-bond acceptors (Lipinski definition) is 3. The molecule has 1 aromatic heterocycles. The van der Waals surface area contributed by atoms with Crippen molar-refractivity contribution >= 4 is 5.69 Å². The number of nitrogens with zero attached hydrogens (tertiary/aromatic N) is 3. The summed E-state index contributed by atoms with van der Waals surface area (Å²) < 4.78 is 14.9. The van der Waals surface area contributed by atoms with Crippen LogP contribution in [0.1, 0.15) is 24.6 Å². The summed E-state index contributed by atoms with van der Waals surface area (Å²) in [5.74, 6) is 0.146. The Morgan fingerprint density at radius 1 is 1.32 bits per heavy atom. The number of anilines is 1. The molecule has 0 radical (unpaired) electrons. The summed E-state index contributed by atoms with van der Waals surface area (Å²) in [6.07, 6.45) is 0.887. The normalized spacial score (nSPS) is 18.6. The van der Waals surface area contributed by atoms with E-state index in [4.69, 9.17) is 5.26 Å². The van der Waals surface area contributed by atoms with Gasteiger partial charge in [-0.1, -0.05) is 0 Å². The van der Waals surface area contributed by atoms with Crippen LogP contribution < -0.4 is 10.5 Å². The molecule has 4 nitrogen and oxygen atoms in total. The maximum Gasteiger partial charge on any atom is 0.251 e. The Morgan fingerprint density at radius 3 is 2.60 bits per heavy atom. The van der Waals surface area contributed by atoms with E-state index < -0.39 is 0 Å². The number of nitriles is 1. The van der Waals surface area contributed by atoms with Gasteiger partial charge >= 0.3 is 0 Å². The van der Waals surface area contributed by atoms with Crippen molar-refractivity contribution in [1.29, 1.82) is 5.26 Å². The minimum Gasteiger partial charge on any atom is -0.367 e. The molecule has 1 fully saturated rings. The molecular formula is C20H22FN3O. The smallest absolute Gasteiger partial charge is 0.251 e. The third-order valence-corrected chi connectivity index (χ3v) is 4.85. The second-order valence-electron chi connectivity index (χ2n) is 6.68. The molecule has 0 bridgehead atoms. The SMILES string of the molecule is CCN(Cc1cc(C)n(C[C@@H]2C[C@H]2C#N)c(=O)c1)c1ccc(F)cc1. The van der Waals surface area contributed by atoms with E-state index in [1.54, 1.807) is 22.8 Å². The fourth-order valence-corrected chi connectivity index (χ4v) is 3.22. The maximum absolute atomic E-state index is 13.1. The number of pyridine rings is 1. The summed E-state index contributed by atoms with van der Waals surface area (Å²) in [6.45, 7) is 5.96.